The van der Waals surface area contributed by atoms with Crippen molar-refractivity contribution in [3.63, 3.8) is 0 Å². The van der Waals surface area contributed by atoms with E-state index in [-0.39, 0.29) is 11.9 Å². The van der Waals surface area contributed by atoms with Gasteiger partial charge in [0.05, 0.1) is 11.4 Å². The zero-order chi connectivity index (χ0) is 12.8. The van der Waals surface area contributed by atoms with Gasteiger partial charge in [0.15, 0.2) is 6.04 Å². The molecule has 96 valence electrons. The second-order valence-electron chi connectivity index (χ2n) is 5.05. The molecule has 3 heterocycles. The van der Waals surface area contributed by atoms with E-state index in [1.165, 1.54) is 18.5 Å². The zero-order valence-electron chi connectivity index (χ0n) is 10.5. The first-order valence-electron chi connectivity index (χ1n) is 6.66. The van der Waals surface area contributed by atoms with Gasteiger partial charge >= 0.3 is 0 Å². The van der Waals surface area contributed by atoms with Crippen LogP contribution in [0.2, 0.25) is 0 Å². The van der Waals surface area contributed by atoms with Crippen molar-refractivity contribution in [1.29, 1.82) is 0 Å². The highest BCUT2D eigenvalue weighted by Crippen LogP contribution is 2.35. The fourth-order valence-electron chi connectivity index (χ4n) is 3.03. The molecule has 19 heavy (non-hydrogen) atoms. The third-order valence-corrected chi connectivity index (χ3v) is 3.88. The van der Waals surface area contributed by atoms with Gasteiger partial charge in [-0.2, -0.15) is 0 Å². The molecule has 0 saturated heterocycles. The van der Waals surface area contributed by atoms with Crippen LogP contribution in [-0.2, 0) is 17.6 Å². The van der Waals surface area contributed by atoms with Crippen LogP contribution in [0, 0.1) is 0 Å². The Balaban J connectivity index is 1.87. The predicted octanol–water partition coefficient (Wildman–Crippen LogP) is 1.70. The van der Waals surface area contributed by atoms with Crippen LogP contribution in [0.5, 0.6) is 0 Å². The number of hydrogen-bond donors (Lipinski definition) is 1. The summed E-state index contributed by atoms with van der Waals surface area (Å²) in [6.07, 6.45) is 6.09. The summed E-state index contributed by atoms with van der Waals surface area (Å²) >= 11 is 0. The smallest absolute Gasteiger partial charge is 0.256 e. The molecule has 2 aliphatic rings. The summed E-state index contributed by atoms with van der Waals surface area (Å²) in [5.41, 5.74) is 3.13. The zero-order valence-corrected chi connectivity index (χ0v) is 10.5. The molecule has 0 aromatic carbocycles. The molecule has 2 aromatic rings. The topological polar surface area (TPSA) is 59.8 Å². The summed E-state index contributed by atoms with van der Waals surface area (Å²) in [5, 5.41) is 2.88. The number of fused-ring (bicyclic) bond motifs is 3. The number of imidazole rings is 1. The molecule has 1 aliphatic heterocycles. The summed E-state index contributed by atoms with van der Waals surface area (Å²) in [6.45, 7) is 0. The Bertz CT molecular complexity index is 647. The van der Waals surface area contributed by atoms with Gasteiger partial charge in [-0.05, 0) is 37.8 Å². The summed E-state index contributed by atoms with van der Waals surface area (Å²) in [5.74, 6) is 0.655. The fourth-order valence-corrected chi connectivity index (χ4v) is 3.03. The van der Waals surface area contributed by atoms with Gasteiger partial charge in [-0.15, -0.1) is 0 Å². The molecule has 1 unspecified atom stereocenters. The first-order chi connectivity index (χ1) is 9.34. The standard InChI is InChI=1S/C14H14N4O/c19-13-12(10-6-3-4-8-15-10)18-11-7-2-1-5-9(11)16-14(18)17-13/h3-4,6,8,12H,1-2,5,7H2,(H,16,17,19). The van der Waals surface area contributed by atoms with E-state index in [4.69, 9.17) is 0 Å². The Labute approximate surface area is 110 Å². The van der Waals surface area contributed by atoms with Crippen LogP contribution in [0.1, 0.15) is 36.0 Å². The number of carbonyl (C=O) groups is 1. The number of hydrogen-bond acceptors (Lipinski definition) is 3. The molecule has 2 aromatic heterocycles. The van der Waals surface area contributed by atoms with E-state index in [9.17, 15) is 4.79 Å². The lowest BCUT2D eigenvalue weighted by molar-refractivity contribution is -0.117. The van der Waals surface area contributed by atoms with E-state index in [0.29, 0.717) is 5.95 Å². The highest BCUT2D eigenvalue weighted by molar-refractivity contribution is 5.98. The highest BCUT2D eigenvalue weighted by Gasteiger charge is 2.37. The Morgan fingerprint density at radius 2 is 2.16 bits per heavy atom. The van der Waals surface area contributed by atoms with E-state index in [0.717, 1.165) is 24.2 Å². The number of carbonyl (C=O) groups excluding carboxylic acids is 1. The van der Waals surface area contributed by atoms with Crippen LogP contribution in [0.3, 0.4) is 0 Å². The van der Waals surface area contributed by atoms with Crippen molar-refractivity contribution in [3.05, 3.63) is 41.5 Å². The second kappa shape index (κ2) is 3.91. The highest BCUT2D eigenvalue weighted by atomic mass is 16.2. The number of amides is 1. The molecule has 4 rings (SSSR count). The van der Waals surface area contributed by atoms with Crippen LogP contribution < -0.4 is 5.32 Å². The van der Waals surface area contributed by atoms with Crippen molar-refractivity contribution in [2.24, 2.45) is 0 Å². The van der Waals surface area contributed by atoms with Gasteiger partial charge in [0.2, 0.25) is 5.95 Å². The first kappa shape index (κ1) is 10.7. The second-order valence-corrected chi connectivity index (χ2v) is 5.05. The summed E-state index contributed by atoms with van der Waals surface area (Å²) in [6, 6.07) is 5.32. The van der Waals surface area contributed by atoms with Gasteiger partial charge < -0.3 is 0 Å². The fraction of sp³-hybridized carbons (Fsp3) is 0.357. The minimum absolute atomic E-state index is 0.0328. The monoisotopic (exact) mass is 254 g/mol. The van der Waals surface area contributed by atoms with Crippen molar-refractivity contribution in [3.8, 4) is 0 Å². The average molecular weight is 254 g/mol. The predicted molar refractivity (Wildman–Crippen MR) is 69.9 cm³/mol. The molecule has 1 amide bonds. The molecule has 0 bridgehead atoms. The Hall–Kier alpha value is -2.17. The number of aromatic nitrogens is 3. The van der Waals surface area contributed by atoms with E-state index in [1.807, 2.05) is 22.8 Å². The van der Waals surface area contributed by atoms with Crippen molar-refractivity contribution in [2.75, 3.05) is 5.32 Å². The molecule has 0 radical (unpaired) electrons. The number of nitrogens with zero attached hydrogens (tertiary/aromatic N) is 3. The molecule has 0 spiro atoms. The third-order valence-electron chi connectivity index (χ3n) is 3.88. The molecule has 0 saturated carbocycles. The Kier molecular flexibility index (Phi) is 2.21. The number of aryl methyl sites for hydroxylation is 1. The van der Waals surface area contributed by atoms with E-state index < -0.39 is 0 Å². The lowest BCUT2D eigenvalue weighted by atomic mass is 10.0. The summed E-state index contributed by atoms with van der Waals surface area (Å²) in [7, 11) is 0. The SMILES string of the molecule is O=C1Nc2nc3c(n2C1c1ccccn1)CCCC3. The molecule has 1 aliphatic carbocycles. The third kappa shape index (κ3) is 1.51. The number of anilines is 1. The summed E-state index contributed by atoms with van der Waals surface area (Å²) in [4.78, 5) is 21.1. The molecule has 0 fully saturated rings. The van der Waals surface area contributed by atoms with Crippen molar-refractivity contribution >= 4 is 11.9 Å². The number of rotatable bonds is 1. The van der Waals surface area contributed by atoms with Crippen molar-refractivity contribution in [1.82, 2.24) is 14.5 Å². The van der Waals surface area contributed by atoms with Crippen LogP contribution in [0.25, 0.3) is 0 Å². The van der Waals surface area contributed by atoms with Gasteiger partial charge in [0.25, 0.3) is 5.91 Å². The Morgan fingerprint density at radius 1 is 1.26 bits per heavy atom. The van der Waals surface area contributed by atoms with E-state index >= 15 is 0 Å². The number of pyridine rings is 1. The molecular formula is C14H14N4O. The normalized spacial score (nSPS) is 20.8. The van der Waals surface area contributed by atoms with Crippen LogP contribution >= 0.6 is 0 Å². The van der Waals surface area contributed by atoms with Gasteiger partial charge in [0.1, 0.15) is 0 Å². The number of nitrogens with one attached hydrogen (secondary N) is 1. The largest absolute Gasteiger partial charge is 0.296 e. The average Bonchev–Trinajstić information content (AvgIpc) is 2.94. The molecule has 1 atom stereocenters. The minimum atomic E-state index is -0.356. The van der Waals surface area contributed by atoms with E-state index in [1.54, 1.807) is 6.20 Å². The van der Waals surface area contributed by atoms with Crippen LogP contribution in [-0.4, -0.2) is 20.4 Å². The van der Waals surface area contributed by atoms with Gasteiger partial charge in [-0.1, -0.05) is 6.07 Å². The van der Waals surface area contributed by atoms with Crippen molar-refractivity contribution < 1.29 is 4.79 Å². The van der Waals surface area contributed by atoms with Crippen LogP contribution in [0.15, 0.2) is 24.4 Å². The van der Waals surface area contributed by atoms with Gasteiger partial charge in [0, 0.05) is 11.9 Å². The quantitative estimate of drug-likeness (QED) is 0.842. The maximum Gasteiger partial charge on any atom is 0.256 e. The molecule has 1 N–H and O–H groups in total. The molecule has 5 nitrogen and oxygen atoms in total. The van der Waals surface area contributed by atoms with Crippen molar-refractivity contribution in [2.45, 2.75) is 31.7 Å². The minimum Gasteiger partial charge on any atom is -0.296 e. The van der Waals surface area contributed by atoms with Gasteiger partial charge in [-0.25, -0.2) is 4.98 Å². The lowest BCUT2D eigenvalue weighted by Crippen LogP contribution is -2.21. The molecule has 5 heteroatoms. The maximum absolute atomic E-state index is 12.2. The lowest BCUT2D eigenvalue weighted by Gasteiger charge is -2.17. The Morgan fingerprint density at radius 3 is 3.00 bits per heavy atom. The van der Waals surface area contributed by atoms with Crippen LogP contribution in [0.4, 0.5) is 5.95 Å². The molecular weight excluding hydrogens is 240 g/mol. The maximum atomic E-state index is 12.2. The summed E-state index contributed by atoms with van der Waals surface area (Å²) < 4.78 is 2.04. The van der Waals surface area contributed by atoms with E-state index in [2.05, 4.69) is 15.3 Å². The van der Waals surface area contributed by atoms with Gasteiger partial charge in [-0.3, -0.25) is 19.7 Å². The first-order valence-corrected chi connectivity index (χ1v) is 6.66.